The molecule has 0 aliphatic carbocycles. The normalized spacial score (nSPS) is 10.5. The molecule has 0 saturated carbocycles. The Morgan fingerprint density at radius 1 is 1.04 bits per heavy atom. The van der Waals surface area contributed by atoms with Gasteiger partial charge in [0.15, 0.2) is 17.3 Å². The Morgan fingerprint density at radius 2 is 1.64 bits per heavy atom. The molecule has 2 rings (SSSR count). The summed E-state index contributed by atoms with van der Waals surface area (Å²) < 4.78 is 15.6. The predicted molar refractivity (Wildman–Crippen MR) is 92.6 cm³/mol. The van der Waals surface area contributed by atoms with E-state index in [1.165, 1.54) is 51.7 Å². The second kappa shape index (κ2) is 7.96. The molecule has 25 heavy (non-hydrogen) atoms. The van der Waals surface area contributed by atoms with Crippen LogP contribution < -0.4 is 14.2 Å². The van der Waals surface area contributed by atoms with E-state index in [9.17, 15) is 14.9 Å². The van der Waals surface area contributed by atoms with Crippen LogP contribution in [0.2, 0.25) is 0 Å². The molecule has 0 heterocycles. The number of rotatable bonds is 7. The van der Waals surface area contributed by atoms with Crippen molar-refractivity contribution in [3.63, 3.8) is 0 Å². The Morgan fingerprint density at radius 3 is 2.16 bits per heavy atom. The van der Waals surface area contributed by atoms with Crippen molar-refractivity contribution in [1.29, 1.82) is 0 Å². The molecule has 0 bridgehead atoms. The molecule has 0 aliphatic heterocycles. The number of nitro groups is 1. The van der Waals surface area contributed by atoms with Crippen LogP contribution in [0.4, 0.5) is 5.69 Å². The number of nitrogens with zero attached hydrogens (tertiary/aromatic N) is 1. The lowest BCUT2D eigenvalue weighted by Gasteiger charge is -2.13. The van der Waals surface area contributed by atoms with Crippen molar-refractivity contribution in [2.24, 2.45) is 0 Å². The summed E-state index contributed by atoms with van der Waals surface area (Å²) in [7, 11) is 4.37. The average Bonchev–Trinajstić information content (AvgIpc) is 2.64. The van der Waals surface area contributed by atoms with Crippen LogP contribution in [-0.4, -0.2) is 32.0 Å². The first kappa shape index (κ1) is 18.0. The minimum absolute atomic E-state index is 0.0727. The van der Waals surface area contributed by atoms with Crippen molar-refractivity contribution in [3.8, 4) is 17.2 Å². The first-order valence-electron chi connectivity index (χ1n) is 7.27. The van der Waals surface area contributed by atoms with Gasteiger partial charge in [-0.25, -0.2) is 0 Å². The van der Waals surface area contributed by atoms with Gasteiger partial charge in [-0.1, -0.05) is 12.1 Å². The van der Waals surface area contributed by atoms with Crippen molar-refractivity contribution in [1.82, 2.24) is 0 Å². The number of ketones is 1. The summed E-state index contributed by atoms with van der Waals surface area (Å²) in [5, 5.41) is 11.0. The van der Waals surface area contributed by atoms with E-state index < -0.39 is 4.92 Å². The highest BCUT2D eigenvalue weighted by Gasteiger charge is 2.16. The lowest BCUT2D eigenvalue weighted by atomic mass is 10.1. The van der Waals surface area contributed by atoms with Crippen LogP contribution in [0.15, 0.2) is 42.5 Å². The van der Waals surface area contributed by atoms with Crippen molar-refractivity contribution in [3.05, 3.63) is 63.7 Å². The maximum atomic E-state index is 12.4. The summed E-state index contributed by atoms with van der Waals surface area (Å²) in [6.07, 6.45) is 2.67. The molecular weight excluding hydrogens is 326 g/mol. The third kappa shape index (κ3) is 3.95. The topological polar surface area (TPSA) is 87.9 Å². The van der Waals surface area contributed by atoms with E-state index >= 15 is 0 Å². The van der Waals surface area contributed by atoms with Crippen LogP contribution in [0, 0.1) is 10.1 Å². The van der Waals surface area contributed by atoms with E-state index in [1.54, 1.807) is 18.2 Å². The van der Waals surface area contributed by atoms with E-state index in [4.69, 9.17) is 14.2 Å². The number of carbonyl (C=O) groups is 1. The van der Waals surface area contributed by atoms with Gasteiger partial charge in [-0.3, -0.25) is 14.9 Å². The highest BCUT2D eigenvalue weighted by atomic mass is 16.6. The van der Waals surface area contributed by atoms with Gasteiger partial charge in [0.2, 0.25) is 5.75 Å². The van der Waals surface area contributed by atoms with Gasteiger partial charge in [0.05, 0.1) is 31.8 Å². The Bertz CT molecular complexity index is 803. The van der Waals surface area contributed by atoms with Gasteiger partial charge in [0.1, 0.15) is 0 Å². The smallest absolute Gasteiger partial charge is 0.276 e. The van der Waals surface area contributed by atoms with Crippen molar-refractivity contribution >= 4 is 17.5 Å². The summed E-state index contributed by atoms with van der Waals surface area (Å²) in [5.41, 5.74) is 0.578. The summed E-state index contributed by atoms with van der Waals surface area (Å²) in [6, 6.07) is 9.22. The second-order valence-electron chi connectivity index (χ2n) is 4.93. The van der Waals surface area contributed by atoms with Gasteiger partial charge in [0, 0.05) is 11.6 Å². The quantitative estimate of drug-likeness (QED) is 0.331. The van der Waals surface area contributed by atoms with Crippen molar-refractivity contribution in [2.45, 2.75) is 0 Å². The van der Waals surface area contributed by atoms with Crippen LogP contribution in [0.25, 0.3) is 6.08 Å². The molecule has 2 aromatic carbocycles. The average molecular weight is 343 g/mol. The maximum Gasteiger partial charge on any atom is 0.276 e. The molecule has 0 radical (unpaired) electrons. The van der Waals surface area contributed by atoms with Crippen LogP contribution in [0.5, 0.6) is 17.2 Å². The van der Waals surface area contributed by atoms with E-state index in [-0.39, 0.29) is 11.5 Å². The zero-order valence-electron chi connectivity index (χ0n) is 14.0. The number of carbonyl (C=O) groups excluding carboxylic acids is 1. The fourth-order valence-electron chi connectivity index (χ4n) is 2.28. The number of nitro benzene ring substituents is 1. The molecule has 2 aromatic rings. The molecule has 0 aromatic heterocycles. The van der Waals surface area contributed by atoms with Crippen molar-refractivity contribution in [2.75, 3.05) is 21.3 Å². The summed E-state index contributed by atoms with van der Waals surface area (Å²) >= 11 is 0. The highest BCUT2D eigenvalue weighted by Crippen LogP contribution is 2.38. The largest absolute Gasteiger partial charge is 0.493 e. The van der Waals surface area contributed by atoms with E-state index in [2.05, 4.69) is 0 Å². The number of ether oxygens (including phenoxy) is 3. The lowest BCUT2D eigenvalue weighted by molar-refractivity contribution is -0.385. The number of hydrogen-bond donors (Lipinski definition) is 0. The molecule has 0 saturated heterocycles. The molecule has 0 N–H and O–H groups in total. The summed E-state index contributed by atoms with van der Waals surface area (Å²) in [6.45, 7) is 0. The molecule has 0 spiro atoms. The summed E-state index contributed by atoms with van der Waals surface area (Å²) in [4.78, 5) is 22.9. The predicted octanol–water partition coefficient (Wildman–Crippen LogP) is 3.52. The molecular formula is C18H17NO6. The third-order valence-electron chi connectivity index (χ3n) is 3.50. The Balaban J connectivity index is 2.37. The molecule has 0 aliphatic rings. The SMILES string of the molecule is COc1cc(C(=O)/C=C/c2ccccc2[N+](=O)[O-])cc(OC)c1OC. The monoisotopic (exact) mass is 343 g/mol. The fraction of sp³-hybridized carbons (Fsp3) is 0.167. The van der Waals surface area contributed by atoms with Gasteiger partial charge >= 0.3 is 0 Å². The minimum atomic E-state index is -0.496. The minimum Gasteiger partial charge on any atom is -0.493 e. The van der Waals surface area contributed by atoms with Gasteiger partial charge in [-0.15, -0.1) is 0 Å². The molecule has 7 heteroatoms. The third-order valence-corrected chi connectivity index (χ3v) is 3.50. The Labute approximate surface area is 144 Å². The number of allylic oxidation sites excluding steroid dienone is 1. The van der Waals surface area contributed by atoms with Crippen molar-refractivity contribution < 1.29 is 23.9 Å². The number of hydrogen-bond acceptors (Lipinski definition) is 6. The second-order valence-corrected chi connectivity index (χ2v) is 4.93. The zero-order valence-corrected chi connectivity index (χ0v) is 14.0. The molecule has 0 fully saturated rings. The van der Waals surface area contributed by atoms with Crippen LogP contribution in [0.1, 0.15) is 15.9 Å². The number of para-hydroxylation sites is 1. The Kier molecular flexibility index (Phi) is 5.73. The van der Waals surface area contributed by atoms with Gasteiger partial charge in [0.25, 0.3) is 5.69 Å². The lowest BCUT2D eigenvalue weighted by Crippen LogP contribution is -2.00. The summed E-state index contributed by atoms with van der Waals surface area (Å²) in [5.74, 6) is 0.732. The zero-order chi connectivity index (χ0) is 18.4. The number of methoxy groups -OCH3 is 3. The molecule has 0 amide bonds. The maximum absolute atomic E-state index is 12.4. The van der Waals surface area contributed by atoms with E-state index in [1.807, 2.05) is 0 Å². The first-order valence-corrected chi connectivity index (χ1v) is 7.27. The highest BCUT2D eigenvalue weighted by molar-refractivity contribution is 6.07. The fourth-order valence-corrected chi connectivity index (χ4v) is 2.28. The van der Waals surface area contributed by atoms with Gasteiger partial charge < -0.3 is 14.2 Å². The molecule has 0 unspecified atom stereocenters. The van der Waals surface area contributed by atoms with Gasteiger partial charge in [-0.05, 0) is 30.4 Å². The Hall–Kier alpha value is -3.35. The molecule has 7 nitrogen and oxygen atoms in total. The van der Waals surface area contributed by atoms with E-state index in [0.29, 0.717) is 28.4 Å². The van der Waals surface area contributed by atoms with Crippen LogP contribution >= 0.6 is 0 Å². The van der Waals surface area contributed by atoms with E-state index in [0.717, 1.165) is 0 Å². The number of benzene rings is 2. The van der Waals surface area contributed by atoms with Crippen LogP contribution in [0.3, 0.4) is 0 Å². The van der Waals surface area contributed by atoms with Gasteiger partial charge in [-0.2, -0.15) is 0 Å². The van der Waals surface area contributed by atoms with Crippen LogP contribution in [-0.2, 0) is 0 Å². The standard InChI is InChI=1S/C18H17NO6/c1-23-16-10-13(11-17(24-2)18(16)25-3)15(20)9-8-12-6-4-5-7-14(12)19(21)22/h4-11H,1-3H3/b9-8+. The molecule has 130 valence electrons. The first-order chi connectivity index (χ1) is 12.0. The molecule has 0 atom stereocenters.